The highest BCUT2D eigenvalue weighted by Crippen LogP contribution is 2.27. The van der Waals surface area contributed by atoms with Crippen molar-refractivity contribution in [3.63, 3.8) is 0 Å². The summed E-state index contributed by atoms with van der Waals surface area (Å²) in [6.45, 7) is 0.151. The molecule has 1 aliphatic rings. The fraction of sp³-hybridized carbons (Fsp3) is 0.227. The first-order valence-electron chi connectivity index (χ1n) is 9.28. The molecule has 0 atom stereocenters. The van der Waals surface area contributed by atoms with E-state index in [0.29, 0.717) is 23.0 Å². The monoisotopic (exact) mass is 392 g/mol. The van der Waals surface area contributed by atoms with Crippen LogP contribution in [0.3, 0.4) is 0 Å². The molecule has 2 heterocycles. The van der Waals surface area contributed by atoms with Gasteiger partial charge in [0.05, 0.1) is 12.7 Å². The first-order valence-corrected chi connectivity index (χ1v) is 9.28. The van der Waals surface area contributed by atoms with Gasteiger partial charge in [-0.1, -0.05) is 36.4 Å². The minimum Gasteiger partial charge on any atom is -0.465 e. The van der Waals surface area contributed by atoms with Crippen molar-refractivity contribution in [2.45, 2.75) is 13.0 Å². The summed E-state index contributed by atoms with van der Waals surface area (Å²) >= 11 is 0. The van der Waals surface area contributed by atoms with E-state index in [-0.39, 0.29) is 19.1 Å². The molecule has 4 rings (SSSR count). The number of ether oxygens (including phenoxy) is 2. The number of amides is 1. The number of carbonyl (C=O) groups excluding carboxylic acids is 3. The van der Waals surface area contributed by atoms with Crippen LogP contribution in [0.2, 0.25) is 0 Å². The molecule has 0 N–H and O–H groups in total. The van der Waals surface area contributed by atoms with Crippen LogP contribution in [-0.2, 0) is 32.0 Å². The molecule has 2 aromatic carbocycles. The van der Waals surface area contributed by atoms with Crippen molar-refractivity contribution < 1.29 is 23.9 Å². The molecule has 0 spiro atoms. The Hall–Kier alpha value is -3.61. The third-order valence-corrected chi connectivity index (χ3v) is 5.04. The van der Waals surface area contributed by atoms with E-state index in [1.807, 2.05) is 36.4 Å². The topological polar surface area (TPSA) is 77.8 Å². The van der Waals surface area contributed by atoms with Gasteiger partial charge in [0, 0.05) is 29.3 Å². The minimum absolute atomic E-state index is 0.110. The largest absolute Gasteiger partial charge is 0.465 e. The van der Waals surface area contributed by atoms with Crippen LogP contribution in [0.5, 0.6) is 0 Å². The second-order valence-corrected chi connectivity index (χ2v) is 6.76. The van der Waals surface area contributed by atoms with Gasteiger partial charge in [0.15, 0.2) is 6.61 Å². The van der Waals surface area contributed by atoms with Crippen molar-refractivity contribution in [2.24, 2.45) is 0 Å². The first kappa shape index (κ1) is 18.7. The average Bonchev–Trinajstić information content (AvgIpc) is 3.34. The van der Waals surface area contributed by atoms with Gasteiger partial charge in [-0.2, -0.15) is 0 Å². The Balaban J connectivity index is 1.43. The highest BCUT2D eigenvalue weighted by atomic mass is 16.5. The van der Waals surface area contributed by atoms with E-state index in [9.17, 15) is 14.4 Å². The molecule has 29 heavy (non-hydrogen) atoms. The smallest absolute Gasteiger partial charge is 0.340 e. The Morgan fingerprint density at radius 3 is 2.62 bits per heavy atom. The number of aromatic nitrogens is 1. The summed E-state index contributed by atoms with van der Waals surface area (Å²) < 4.78 is 11.6. The molecule has 0 fully saturated rings. The van der Waals surface area contributed by atoms with Gasteiger partial charge >= 0.3 is 11.9 Å². The summed E-state index contributed by atoms with van der Waals surface area (Å²) in [5, 5.41) is 0.692. The zero-order chi connectivity index (χ0) is 20.4. The van der Waals surface area contributed by atoms with Crippen molar-refractivity contribution in [2.75, 3.05) is 25.2 Å². The highest BCUT2D eigenvalue weighted by Gasteiger charge is 2.25. The number of esters is 2. The van der Waals surface area contributed by atoms with Crippen LogP contribution < -0.4 is 4.90 Å². The predicted molar refractivity (Wildman–Crippen MR) is 107 cm³/mol. The quantitative estimate of drug-likeness (QED) is 0.624. The molecule has 1 amide bonds. The standard InChI is InChI=1S/C22H20N2O5/c1-28-22(27)17-12-23(19-9-5-3-7-16(17)19)13-21(26)29-14-20(25)24-11-10-15-6-2-4-8-18(15)24/h2-9,12H,10-11,13-14H2,1H3. The van der Waals surface area contributed by atoms with E-state index >= 15 is 0 Å². The maximum Gasteiger partial charge on any atom is 0.340 e. The number of hydrogen-bond acceptors (Lipinski definition) is 5. The summed E-state index contributed by atoms with van der Waals surface area (Å²) in [6, 6.07) is 14.9. The van der Waals surface area contributed by atoms with E-state index in [1.54, 1.807) is 27.8 Å². The summed E-state index contributed by atoms with van der Waals surface area (Å²) in [4.78, 5) is 38.5. The van der Waals surface area contributed by atoms with Gasteiger partial charge in [0.25, 0.3) is 5.91 Å². The third-order valence-electron chi connectivity index (χ3n) is 5.04. The maximum absolute atomic E-state index is 12.5. The van der Waals surface area contributed by atoms with Crippen molar-refractivity contribution in [1.29, 1.82) is 0 Å². The molecule has 7 heteroatoms. The molecule has 1 aromatic heterocycles. The molecule has 3 aromatic rings. The van der Waals surface area contributed by atoms with E-state index in [1.165, 1.54) is 7.11 Å². The Labute approximate surface area is 167 Å². The van der Waals surface area contributed by atoms with Crippen molar-refractivity contribution >= 4 is 34.4 Å². The van der Waals surface area contributed by atoms with Gasteiger partial charge < -0.3 is 18.9 Å². The van der Waals surface area contributed by atoms with Crippen molar-refractivity contribution in [3.8, 4) is 0 Å². The SMILES string of the molecule is COC(=O)c1cn(CC(=O)OCC(=O)N2CCc3ccccc32)c2ccccc12. The van der Waals surface area contributed by atoms with E-state index in [0.717, 1.165) is 17.7 Å². The number of para-hydroxylation sites is 2. The average molecular weight is 392 g/mol. The first-order chi connectivity index (χ1) is 14.1. The lowest BCUT2D eigenvalue weighted by Crippen LogP contribution is -2.33. The molecule has 0 unspecified atom stereocenters. The molecule has 7 nitrogen and oxygen atoms in total. The van der Waals surface area contributed by atoms with Crippen LogP contribution in [0.1, 0.15) is 15.9 Å². The summed E-state index contributed by atoms with van der Waals surface area (Å²) in [5.74, 6) is -1.28. The van der Waals surface area contributed by atoms with Gasteiger partial charge in [-0.05, 0) is 24.1 Å². The van der Waals surface area contributed by atoms with Crippen LogP contribution in [-0.4, -0.2) is 42.7 Å². The van der Waals surface area contributed by atoms with Crippen LogP contribution in [0.15, 0.2) is 54.7 Å². The molecule has 0 bridgehead atoms. The Morgan fingerprint density at radius 2 is 1.79 bits per heavy atom. The highest BCUT2D eigenvalue weighted by molar-refractivity contribution is 6.04. The van der Waals surface area contributed by atoms with Crippen LogP contribution in [0.4, 0.5) is 5.69 Å². The van der Waals surface area contributed by atoms with Crippen LogP contribution in [0, 0.1) is 0 Å². The summed E-state index contributed by atoms with van der Waals surface area (Å²) in [7, 11) is 1.31. The molecule has 148 valence electrons. The molecule has 0 saturated heterocycles. The van der Waals surface area contributed by atoms with Gasteiger partial charge in [-0.3, -0.25) is 9.59 Å². The number of anilines is 1. The molecular formula is C22H20N2O5. The lowest BCUT2D eigenvalue weighted by Gasteiger charge is -2.17. The fourth-order valence-electron chi connectivity index (χ4n) is 3.65. The predicted octanol–water partition coefficient (Wildman–Crippen LogP) is 2.56. The number of benzene rings is 2. The number of carbonyl (C=O) groups is 3. The number of fused-ring (bicyclic) bond motifs is 2. The third kappa shape index (κ3) is 3.59. The molecule has 0 radical (unpaired) electrons. The second-order valence-electron chi connectivity index (χ2n) is 6.76. The zero-order valence-corrected chi connectivity index (χ0v) is 16.0. The normalized spacial score (nSPS) is 12.7. The second kappa shape index (κ2) is 7.79. The minimum atomic E-state index is -0.553. The number of methoxy groups -OCH3 is 1. The van der Waals surface area contributed by atoms with Crippen molar-refractivity contribution in [3.05, 3.63) is 65.9 Å². The van der Waals surface area contributed by atoms with E-state index < -0.39 is 11.9 Å². The Bertz CT molecular complexity index is 1100. The van der Waals surface area contributed by atoms with E-state index in [4.69, 9.17) is 9.47 Å². The summed E-state index contributed by atoms with van der Waals surface area (Å²) in [5.41, 5.74) is 3.07. The maximum atomic E-state index is 12.5. The molecule has 1 aliphatic heterocycles. The Kier molecular flexibility index (Phi) is 5.03. The molecule has 0 aliphatic carbocycles. The number of nitrogens with zero attached hydrogens (tertiary/aromatic N) is 2. The Morgan fingerprint density at radius 1 is 1.03 bits per heavy atom. The fourth-order valence-corrected chi connectivity index (χ4v) is 3.65. The summed E-state index contributed by atoms with van der Waals surface area (Å²) in [6.07, 6.45) is 2.36. The van der Waals surface area contributed by atoms with Gasteiger partial charge in [0.1, 0.15) is 6.54 Å². The lowest BCUT2D eigenvalue weighted by molar-refractivity contribution is -0.148. The van der Waals surface area contributed by atoms with Crippen molar-refractivity contribution in [1.82, 2.24) is 4.57 Å². The number of hydrogen-bond donors (Lipinski definition) is 0. The van der Waals surface area contributed by atoms with Gasteiger partial charge in [-0.15, -0.1) is 0 Å². The van der Waals surface area contributed by atoms with Crippen LogP contribution >= 0.6 is 0 Å². The number of rotatable bonds is 5. The van der Waals surface area contributed by atoms with Gasteiger partial charge in [-0.25, -0.2) is 4.79 Å². The van der Waals surface area contributed by atoms with Crippen LogP contribution in [0.25, 0.3) is 10.9 Å². The zero-order valence-electron chi connectivity index (χ0n) is 16.0. The van der Waals surface area contributed by atoms with Gasteiger partial charge in [0.2, 0.25) is 0 Å². The molecular weight excluding hydrogens is 372 g/mol. The van der Waals surface area contributed by atoms with E-state index in [2.05, 4.69) is 0 Å². The molecule has 0 saturated carbocycles. The lowest BCUT2D eigenvalue weighted by atomic mass is 10.2.